The average Bonchev–Trinajstić information content (AvgIpc) is 2.54. The first kappa shape index (κ1) is 10.0. The van der Waals surface area contributed by atoms with Crippen molar-refractivity contribution >= 4 is 12.4 Å². The van der Waals surface area contributed by atoms with Crippen molar-refractivity contribution in [3.8, 4) is 0 Å². The number of carbonyl (C=O) groups is 2. The maximum Gasteiger partial charge on any atom is 0.308 e. The van der Waals surface area contributed by atoms with Gasteiger partial charge in [-0.2, -0.15) is 0 Å². The number of hydrogen-bond acceptors (Lipinski definition) is 3. The third-order valence-corrected chi connectivity index (χ3v) is 2.36. The summed E-state index contributed by atoms with van der Waals surface area (Å²) in [5, 5.41) is 2.68. The number of rotatable bonds is 4. The van der Waals surface area contributed by atoms with E-state index in [4.69, 9.17) is 4.74 Å². The molecule has 0 heterocycles. The van der Waals surface area contributed by atoms with Gasteiger partial charge in [-0.25, -0.2) is 0 Å². The fourth-order valence-corrected chi connectivity index (χ4v) is 1.70. The van der Waals surface area contributed by atoms with Crippen molar-refractivity contribution in [2.24, 2.45) is 5.92 Å². The van der Waals surface area contributed by atoms with Crippen LogP contribution in [0.4, 0.5) is 0 Å². The van der Waals surface area contributed by atoms with Crippen molar-refractivity contribution in [1.29, 1.82) is 0 Å². The number of amides is 1. The first-order valence-corrected chi connectivity index (χ1v) is 4.64. The summed E-state index contributed by atoms with van der Waals surface area (Å²) in [7, 11) is 0. The molecule has 1 amide bonds. The van der Waals surface area contributed by atoms with Gasteiger partial charge in [0.05, 0.1) is 12.5 Å². The first-order valence-electron chi connectivity index (χ1n) is 4.64. The molecule has 0 aromatic rings. The minimum atomic E-state index is -0.127. The molecule has 74 valence electrons. The summed E-state index contributed by atoms with van der Waals surface area (Å²) in [6.07, 6.45) is 3.11. The van der Waals surface area contributed by atoms with Crippen molar-refractivity contribution in [2.75, 3.05) is 6.61 Å². The van der Waals surface area contributed by atoms with Gasteiger partial charge in [0, 0.05) is 6.04 Å². The lowest BCUT2D eigenvalue weighted by Gasteiger charge is -2.09. The smallest absolute Gasteiger partial charge is 0.308 e. The molecule has 1 rings (SSSR count). The highest BCUT2D eigenvalue weighted by Gasteiger charge is 2.30. The van der Waals surface area contributed by atoms with E-state index in [-0.39, 0.29) is 17.9 Å². The van der Waals surface area contributed by atoms with E-state index >= 15 is 0 Å². The summed E-state index contributed by atoms with van der Waals surface area (Å²) in [6, 6.07) is 0.159. The Bertz CT molecular complexity index is 193. The van der Waals surface area contributed by atoms with Crippen LogP contribution in [0.5, 0.6) is 0 Å². The molecule has 0 spiro atoms. The second-order valence-electron chi connectivity index (χ2n) is 3.24. The lowest BCUT2D eigenvalue weighted by atomic mass is 10.1. The Kier molecular flexibility index (Phi) is 3.73. The van der Waals surface area contributed by atoms with Gasteiger partial charge in [0.1, 0.15) is 0 Å². The van der Waals surface area contributed by atoms with E-state index in [2.05, 4.69) is 5.32 Å². The van der Waals surface area contributed by atoms with E-state index < -0.39 is 0 Å². The monoisotopic (exact) mass is 185 g/mol. The van der Waals surface area contributed by atoms with Gasteiger partial charge in [0.15, 0.2) is 0 Å². The van der Waals surface area contributed by atoms with Crippen LogP contribution in [0.1, 0.15) is 26.2 Å². The second kappa shape index (κ2) is 4.84. The quantitative estimate of drug-likeness (QED) is 0.511. The van der Waals surface area contributed by atoms with Crippen molar-refractivity contribution < 1.29 is 14.3 Å². The first-order chi connectivity index (χ1) is 6.27. The van der Waals surface area contributed by atoms with E-state index in [1.54, 1.807) is 6.92 Å². The van der Waals surface area contributed by atoms with Crippen molar-refractivity contribution in [3.05, 3.63) is 0 Å². The predicted octanol–water partition coefficient (Wildman–Crippen LogP) is 0.464. The Morgan fingerprint density at radius 3 is 3.00 bits per heavy atom. The zero-order valence-corrected chi connectivity index (χ0v) is 7.79. The van der Waals surface area contributed by atoms with Crippen LogP contribution in [0, 0.1) is 5.92 Å². The molecule has 1 aliphatic carbocycles. The molecule has 0 bridgehead atoms. The van der Waals surface area contributed by atoms with Gasteiger partial charge in [-0.1, -0.05) is 0 Å². The maximum absolute atomic E-state index is 11.3. The zero-order chi connectivity index (χ0) is 9.68. The van der Waals surface area contributed by atoms with Crippen LogP contribution >= 0.6 is 0 Å². The molecular weight excluding hydrogens is 170 g/mol. The Labute approximate surface area is 77.6 Å². The third-order valence-electron chi connectivity index (χ3n) is 2.36. The molecule has 1 fully saturated rings. The van der Waals surface area contributed by atoms with E-state index in [1.165, 1.54) is 0 Å². The normalized spacial score (nSPS) is 26.8. The molecule has 1 aliphatic rings. The lowest BCUT2D eigenvalue weighted by molar-refractivity contribution is -0.147. The van der Waals surface area contributed by atoms with Gasteiger partial charge in [-0.15, -0.1) is 0 Å². The molecule has 2 unspecified atom stereocenters. The van der Waals surface area contributed by atoms with Crippen LogP contribution in [-0.2, 0) is 14.3 Å². The Hall–Kier alpha value is -1.06. The molecule has 2 atom stereocenters. The van der Waals surface area contributed by atoms with Crippen LogP contribution < -0.4 is 5.32 Å². The van der Waals surface area contributed by atoms with Crippen LogP contribution in [0.3, 0.4) is 0 Å². The number of carbonyl (C=O) groups excluding carboxylic acids is 2. The Balaban J connectivity index is 2.31. The van der Waals surface area contributed by atoms with Crippen molar-refractivity contribution in [3.63, 3.8) is 0 Å². The van der Waals surface area contributed by atoms with Crippen molar-refractivity contribution in [2.45, 2.75) is 32.2 Å². The SMILES string of the molecule is CCOC(=O)C1CCC(NC=O)C1. The summed E-state index contributed by atoms with van der Waals surface area (Å²) in [6.45, 7) is 2.23. The fourth-order valence-electron chi connectivity index (χ4n) is 1.70. The summed E-state index contributed by atoms with van der Waals surface area (Å²) >= 11 is 0. The molecule has 1 N–H and O–H groups in total. The van der Waals surface area contributed by atoms with Gasteiger partial charge in [0.2, 0.25) is 6.41 Å². The van der Waals surface area contributed by atoms with Crippen LogP contribution in [0.15, 0.2) is 0 Å². The fraction of sp³-hybridized carbons (Fsp3) is 0.778. The van der Waals surface area contributed by atoms with E-state index in [0.29, 0.717) is 13.0 Å². The second-order valence-corrected chi connectivity index (χ2v) is 3.24. The maximum atomic E-state index is 11.3. The molecule has 1 saturated carbocycles. The van der Waals surface area contributed by atoms with E-state index in [0.717, 1.165) is 19.3 Å². The van der Waals surface area contributed by atoms with Gasteiger partial charge in [-0.05, 0) is 26.2 Å². The van der Waals surface area contributed by atoms with Crippen LogP contribution in [-0.4, -0.2) is 25.0 Å². The highest BCUT2D eigenvalue weighted by atomic mass is 16.5. The van der Waals surface area contributed by atoms with Crippen molar-refractivity contribution in [1.82, 2.24) is 5.32 Å². The number of nitrogens with one attached hydrogen (secondary N) is 1. The third kappa shape index (κ3) is 2.72. The standard InChI is InChI=1S/C9H15NO3/c1-2-13-9(12)7-3-4-8(5-7)10-6-11/h6-8H,2-5H2,1H3,(H,10,11). The number of ether oxygens (including phenoxy) is 1. The van der Waals surface area contributed by atoms with Crippen LogP contribution in [0.2, 0.25) is 0 Å². The molecular formula is C9H15NO3. The average molecular weight is 185 g/mol. The molecule has 0 aromatic heterocycles. The zero-order valence-electron chi connectivity index (χ0n) is 7.79. The molecule has 4 heteroatoms. The molecule has 0 aromatic carbocycles. The number of hydrogen-bond donors (Lipinski definition) is 1. The topological polar surface area (TPSA) is 55.4 Å². The largest absolute Gasteiger partial charge is 0.466 e. The predicted molar refractivity (Wildman–Crippen MR) is 47.0 cm³/mol. The molecule has 0 aliphatic heterocycles. The van der Waals surface area contributed by atoms with Gasteiger partial charge in [-0.3, -0.25) is 9.59 Å². The Morgan fingerprint density at radius 1 is 1.62 bits per heavy atom. The highest BCUT2D eigenvalue weighted by Crippen LogP contribution is 2.26. The molecule has 13 heavy (non-hydrogen) atoms. The highest BCUT2D eigenvalue weighted by molar-refractivity contribution is 5.72. The number of esters is 1. The summed E-state index contributed by atoms with van der Waals surface area (Å²) in [5.74, 6) is -0.143. The van der Waals surface area contributed by atoms with Gasteiger partial charge in [0.25, 0.3) is 0 Å². The molecule has 4 nitrogen and oxygen atoms in total. The molecule has 0 saturated heterocycles. The van der Waals surface area contributed by atoms with Crippen LogP contribution in [0.25, 0.3) is 0 Å². The summed E-state index contributed by atoms with van der Waals surface area (Å²) in [4.78, 5) is 21.4. The minimum absolute atomic E-state index is 0.0163. The lowest BCUT2D eigenvalue weighted by Crippen LogP contribution is -2.25. The van der Waals surface area contributed by atoms with E-state index in [9.17, 15) is 9.59 Å². The Morgan fingerprint density at radius 2 is 2.38 bits per heavy atom. The minimum Gasteiger partial charge on any atom is -0.466 e. The summed E-state index contributed by atoms with van der Waals surface area (Å²) < 4.78 is 4.90. The van der Waals surface area contributed by atoms with Gasteiger partial charge >= 0.3 is 5.97 Å². The van der Waals surface area contributed by atoms with E-state index in [1.807, 2.05) is 0 Å². The summed E-state index contributed by atoms with van der Waals surface area (Å²) in [5.41, 5.74) is 0. The molecule has 0 radical (unpaired) electrons. The van der Waals surface area contributed by atoms with Gasteiger partial charge < -0.3 is 10.1 Å².